The number of benzene rings is 1. The van der Waals surface area contributed by atoms with Crippen LogP contribution >= 0.6 is 15.9 Å². The van der Waals surface area contributed by atoms with Crippen molar-refractivity contribution < 1.29 is 4.39 Å². The van der Waals surface area contributed by atoms with Gasteiger partial charge in [-0.1, -0.05) is 20.8 Å². The number of pyridine rings is 1. The zero-order chi connectivity index (χ0) is 13.7. The first kappa shape index (κ1) is 13.3. The number of H-pyrrole nitrogens is 1. The number of hydrogen-bond acceptors (Lipinski definition) is 1. The van der Waals surface area contributed by atoms with Crippen molar-refractivity contribution >= 4 is 26.8 Å². The minimum absolute atomic E-state index is 0.120. The van der Waals surface area contributed by atoms with Crippen molar-refractivity contribution in [3.63, 3.8) is 0 Å². The Kier molecular flexibility index (Phi) is 3.09. The molecule has 0 spiro atoms. The molecule has 4 heteroatoms. The summed E-state index contributed by atoms with van der Waals surface area (Å²) in [5, 5.41) is 0.120. The smallest absolute Gasteiger partial charge is 0.192 e. The first-order valence-corrected chi connectivity index (χ1v) is 6.53. The van der Waals surface area contributed by atoms with Gasteiger partial charge in [0.1, 0.15) is 0 Å². The van der Waals surface area contributed by atoms with Crippen LogP contribution in [0.5, 0.6) is 0 Å². The molecule has 0 unspecified atom stereocenters. The molecule has 0 fully saturated rings. The van der Waals surface area contributed by atoms with E-state index in [-0.39, 0.29) is 16.2 Å². The van der Waals surface area contributed by atoms with E-state index in [1.165, 1.54) is 6.07 Å². The highest BCUT2D eigenvalue weighted by Crippen LogP contribution is 2.27. The summed E-state index contributed by atoms with van der Waals surface area (Å²) in [5.74, 6) is -0.502. The molecule has 0 bridgehead atoms. The number of fused-ring (bicyclic) bond motifs is 1. The van der Waals surface area contributed by atoms with Gasteiger partial charge in [-0.05, 0) is 34.5 Å². The van der Waals surface area contributed by atoms with Crippen molar-refractivity contribution in [1.29, 1.82) is 0 Å². The lowest BCUT2D eigenvalue weighted by Gasteiger charge is -2.19. The van der Waals surface area contributed by atoms with Gasteiger partial charge in [-0.2, -0.15) is 0 Å². The van der Waals surface area contributed by atoms with E-state index in [9.17, 15) is 9.18 Å². The number of hydrogen-bond donors (Lipinski definition) is 1. The van der Waals surface area contributed by atoms with Crippen LogP contribution in [-0.2, 0) is 5.41 Å². The molecular weight excluding hydrogens is 297 g/mol. The van der Waals surface area contributed by atoms with Gasteiger partial charge in [-0.25, -0.2) is 4.39 Å². The second-order valence-corrected chi connectivity index (χ2v) is 6.39. The number of aryl methyl sites for hydroxylation is 1. The lowest BCUT2D eigenvalue weighted by atomic mass is 9.91. The standard InChI is InChI=1S/C14H15BrFNO/c1-7-5-8(15)12(16)11-9(18)6-10(14(2,3)4)17-13(7)11/h5-6H,1-4H3,(H,17,18). The molecule has 1 heterocycles. The van der Waals surface area contributed by atoms with Gasteiger partial charge in [0, 0.05) is 17.2 Å². The Hall–Kier alpha value is -1.16. The lowest BCUT2D eigenvalue weighted by Crippen LogP contribution is -2.18. The van der Waals surface area contributed by atoms with Crippen molar-refractivity contribution in [3.05, 3.63) is 43.9 Å². The van der Waals surface area contributed by atoms with Gasteiger partial charge in [-0.3, -0.25) is 4.79 Å². The van der Waals surface area contributed by atoms with Gasteiger partial charge < -0.3 is 4.98 Å². The molecule has 2 aromatic rings. The van der Waals surface area contributed by atoms with E-state index in [2.05, 4.69) is 20.9 Å². The maximum Gasteiger partial charge on any atom is 0.192 e. The molecule has 96 valence electrons. The van der Waals surface area contributed by atoms with Crippen LogP contribution in [0.3, 0.4) is 0 Å². The van der Waals surface area contributed by atoms with Crippen LogP contribution in [0.25, 0.3) is 10.9 Å². The van der Waals surface area contributed by atoms with Gasteiger partial charge in [0.2, 0.25) is 0 Å². The Morgan fingerprint density at radius 2 is 1.89 bits per heavy atom. The van der Waals surface area contributed by atoms with Crippen molar-refractivity contribution in [2.24, 2.45) is 0 Å². The second-order valence-electron chi connectivity index (χ2n) is 5.54. The Labute approximate surface area is 113 Å². The zero-order valence-corrected chi connectivity index (χ0v) is 12.4. The number of aromatic amines is 1. The molecule has 1 aromatic heterocycles. The fourth-order valence-corrected chi connectivity index (χ4v) is 2.46. The first-order chi connectivity index (χ1) is 8.21. The van der Waals surface area contributed by atoms with E-state index in [4.69, 9.17) is 0 Å². The van der Waals surface area contributed by atoms with Crippen molar-refractivity contribution in [3.8, 4) is 0 Å². The minimum atomic E-state index is -0.502. The largest absolute Gasteiger partial charge is 0.357 e. The summed E-state index contributed by atoms with van der Waals surface area (Å²) in [5.41, 5.74) is 1.78. The van der Waals surface area contributed by atoms with E-state index in [1.54, 1.807) is 6.07 Å². The third kappa shape index (κ3) is 2.09. The first-order valence-electron chi connectivity index (χ1n) is 5.74. The average molecular weight is 312 g/mol. The van der Waals surface area contributed by atoms with E-state index in [1.807, 2.05) is 27.7 Å². The Morgan fingerprint density at radius 3 is 2.44 bits per heavy atom. The Morgan fingerprint density at radius 1 is 1.28 bits per heavy atom. The fraction of sp³-hybridized carbons (Fsp3) is 0.357. The van der Waals surface area contributed by atoms with Gasteiger partial charge in [0.15, 0.2) is 11.2 Å². The van der Waals surface area contributed by atoms with Gasteiger partial charge in [-0.15, -0.1) is 0 Å². The van der Waals surface area contributed by atoms with Gasteiger partial charge >= 0.3 is 0 Å². The Bertz CT molecular complexity index is 683. The fourth-order valence-electron chi connectivity index (χ4n) is 1.92. The normalized spacial score (nSPS) is 12.1. The molecule has 0 radical (unpaired) electrons. The number of rotatable bonds is 0. The summed E-state index contributed by atoms with van der Waals surface area (Å²) in [6, 6.07) is 3.16. The molecule has 2 rings (SSSR count). The molecule has 0 saturated carbocycles. The van der Waals surface area contributed by atoms with E-state index >= 15 is 0 Å². The summed E-state index contributed by atoms with van der Waals surface area (Å²) < 4.78 is 14.3. The molecule has 0 aliphatic heterocycles. The monoisotopic (exact) mass is 311 g/mol. The van der Waals surface area contributed by atoms with Crippen LogP contribution in [0.1, 0.15) is 32.0 Å². The van der Waals surface area contributed by atoms with Crippen LogP contribution in [0.4, 0.5) is 4.39 Å². The summed E-state index contributed by atoms with van der Waals surface area (Å²) in [6.07, 6.45) is 0. The quantitative estimate of drug-likeness (QED) is 0.782. The predicted molar refractivity (Wildman–Crippen MR) is 75.7 cm³/mol. The Balaban J connectivity index is 2.96. The maximum absolute atomic E-state index is 14.0. The topological polar surface area (TPSA) is 32.9 Å². The zero-order valence-electron chi connectivity index (χ0n) is 10.8. The molecule has 1 N–H and O–H groups in total. The summed E-state index contributed by atoms with van der Waals surface area (Å²) in [7, 11) is 0. The lowest BCUT2D eigenvalue weighted by molar-refractivity contribution is 0.570. The van der Waals surface area contributed by atoms with Crippen molar-refractivity contribution in [2.45, 2.75) is 33.1 Å². The molecular formula is C14H15BrFNO. The van der Waals surface area contributed by atoms with Crippen LogP contribution in [-0.4, -0.2) is 4.98 Å². The van der Waals surface area contributed by atoms with Crippen molar-refractivity contribution in [2.75, 3.05) is 0 Å². The SMILES string of the molecule is Cc1cc(Br)c(F)c2c(=O)cc(C(C)(C)C)[nH]c12. The van der Waals surface area contributed by atoms with Crippen molar-refractivity contribution in [1.82, 2.24) is 4.98 Å². The molecule has 1 aromatic carbocycles. The highest BCUT2D eigenvalue weighted by Gasteiger charge is 2.19. The highest BCUT2D eigenvalue weighted by atomic mass is 79.9. The van der Waals surface area contributed by atoms with Crippen LogP contribution in [0.2, 0.25) is 0 Å². The summed E-state index contributed by atoms with van der Waals surface area (Å²) in [6.45, 7) is 7.88. The third-order valence-electron chi connectivity index (χ3n) is 3.01. The summed E-state index contributed by atoms with van der Waals surface area (Å²) in [4.78, 5) is 15.3. The second kappa shape index (κ2) is 4.19. The van der Waals surface area contributed by atoms with Crippen LogP contribution < -0.4 is 5.43 Å². The number of nitrogens with one attached hydrogen (secondary N) is 1. The van der Waals surface area contributed by atoms with E-state index in [0.29, 0.717) is 9.99 Å². The molecule has 0 aliphatic carbocycles. The molecule has 0 saturated heterocycles. The third-order valence-corrected chi connectivity index (χ3v) is 3.58. The van der Waals surface area contributed by atoms with Gasteiger partial charge in [0.25, 0.3) is 0 Å². The number of aromatic nitrogens is 1. The predicted octanol–water partition coefficient (Wildman–Crippen LogP) is 4.04. The molecule has 18 heavy (non-hydrogen) atoms. The maximum atomic E-state index is 14.0. The number of halogens is 2. The molecule has 0 amide bonds. The highest BCUT2D eigenvalue weighted by molar-refractivity contribution is 9.10. The van der Waals surface area contributed by atoms with Gasteiger partial charge in [0.05, 0.1) is 15.4 Å². The molecule has 2 nitrogen and oxygen atoms in total. The molecule has 0 aliphatic rings. The van der Waals surface area contributed by atoms with Crippen LogP contribution in [0, 0.1) is 12.7 Å². The van der Waals surface area contributed by atoms with E-state index in [0.717, 1.165) is 11.3 Å². The minimum Gasteiger partial charge on any atom is -0.357 e. The average Bonchev–Trinajstić information content (AvgIpc) is 2.24. The van der Waals surface area contributed by atoms with E-state index < -0.39 is 5.82 Å². The molecule has 0 atom stereocenters. The summed E-state index contributed by atoms with van der Waals surface area (Å²) >= 11 is 3.13. The van der Waals surface area contributed by atoms with Crippen LogP contribution in [0.15, 0.2) is 21.4 Å².